The van der Waals surface area contributed by atoms with Gasteiger partial charge in [-0.15, -0.1) is 0 Å². The minimum Gasteiger partial charge on any atom is -0.349 e. The number of benzene rings is 1. The number of ether oxygens (including phenoxy) is 1. The van der Waals surface area contributed by atoms with Gasteiger partial charge in [-0.1, -0.05) is 36.9 Å². The van der Waals surface area contributed by atoms with E-state index in [1.807, 2.05) is 30.3 Å². The van der Waals surface area contributed by atoms with Crippen LogP contribution < -0.4 is 11.2 Å². The molecule has 2 aromatic rings. The Morgan fingerprint density at radius 2 is 2.11 bits per heavy atom. The molecule has 0 bridgehead atoms. The molecule has 4 rings (SSSR count). The zero-order valence-corrected chi connectivity index (χ0v) is 16.3. The fourth-order valence-corrected chi connectivity index (χ4v) is 4.33. The summed E-state index contributed by atoms with van der Waals surface area (Å²) in [5.74, 6) is 0. The summed E-state index contributed by atoms with van der Waals surface area (Å²) in [6.45, 7) is 6.30. The van der Waals surface area contributed by atoms with Crippen molar-refractivity contribution in [2.45, 2.75) is 31.8 Å². The molecule has 2 aliphatic heterocycles. The number of H-pyrrole nitrogens is 1. The summed E-state index contributed by atoms with van der Waals surface area (Å²) in [6.07, 6.45) is 0.933. The quantitative estimate of drug-likeness (QED) is 0.770. The summed E-state index contributed by atoms with van der Waals surface area (Å²) in [5.41, 5.74) is 1.39. The van der Waals surface area contributed by atoms with Crippen LogP contribution in [0, 0.1) is 6.92 Å². The van der Waals surface area contributed by atoms with E-state index >= 15 is 0 Å². The van der Waals surface area contributed by atoms with Gasteiger partial charge in [-0.25, -0.2) is 4.79 Å². The highest BCUT2D eigenvalue weighted by atomic mass is 31.2. The number of rotatable bonds is 5. The van der Waals surface area contributed by atoms with E-state index in [9.17, 15) is 9.59 Å². The molecule has 2 aliphatic rings. The molecule has 1 aromatic carbocycles. The maximum Gasteiger partial charge on any atom is 0.333 e. The molecule has 0 saturated carbocycles. The van der Waals surface area contributed by atoms with Gasteiger partial charge in [0.25, 0.3) is 5.56 Å². The minimum absolute atomic E-state index is 0.242. The van der Waals surface area contributed by atoms with Crippen LogP contribution in [0.4, 0.5) is 0 Å². The van der Waals surface area contributed by atoms with Gasteiger partial charge in [0.1, 0.15) is 12.3 Å². The van der Waals surface area contributed by atoms with Crippen LogP contribution in [0.15, 0.2) is 52.7 Å². The van der Waals surface area contributed by atoms with Gasteiger partial charge >= 0.3 is 14.3 Å². The van der Waals surface area contributed by atoms with Crippen LogP contribution in [0.1, 0.15) is 23.8 Å². The monoisotopic (exact) mass is 404 g/mol. The van der Waals surface area contributed by atoms with Gasteiger partial charge in [0, 0.05) is 18.2 Å². The molecule has 2 fully saturated rings. The summed E-state index contributed by atoms with van der Waals surface area (Å²) in [7, 11) is -1.52. The molecule has 4 atom stereocenters. The van der Waals surface area contributed by atoms with Crippen molar-refractivity contribution < 1.29 is 18.3 Å². The first-order chi connectivity index (χ1) is 13.5. The lowest BCUT2D eigenvalue weighted by Gasteiger charge is -2.29. The highest BCUT2D eigenvalue weighted by molar-refractivity contribution is 7.41. The maximum atomic E-state index is 12.1. The second-order valence-corrected chi connectivity index (χ2v) is 7.92. The average molecular weight is 404 g/mol. The van der Waals surface area contributed by atoms with Gasteiger partial charge in [0.15, 0.2) is 0 Å². The summed E-state index contributed by atoms with van der Waals surface area (Å²) >= 11 is 0. The number of fused-ring (bicyclic) bond motifs is 1. The van der Waals surface area contributed by atoms with Crippen LogP contribution in [-0.2, 0) is 18.3 Å². The van der Waals surface area contributed by atoms with Gasteiger partial charge in [-0.05, 0) is 18.1 Å². The van der Waals surface area contributed by atoms with Crippen molar-refractivity contribution in [3.05, 3.63) is 75.1 Å². The van der Waals surface area contributed by atoms with Gasteiger partial charge in [0.05, 0.1) is 19.3 Å². The van der Waals surface area contributed by atoms with Crippen molar-refractivity contribution in [3.8, 4) is 0 Å². The van der Waals surface area contributed by atoms with E-state index in [4.69, 9.17) is 18.3 Å². The van der Waals surface area contributed by atoms with Crippen molar-refractivity contribution in [2.24, 2.45) is 0 Å². The van der Waals surface area contributed by atoms with Gasteiger partial charge in [0.2, 0.25) is 0 Å². The van der Waals surface area contributed by atoms with Crippen molar-refractivity contribution in [2.75, 3.05) is 13.2 Å². The molecule has 148 valence electrons. The molecule has 9 heteroatoms. The smallest absolute Gasteiger partial charge is 0.333 e. The van der Waals surface area contributed by atoms with Crippen LogP contribution in [0.2, 0.25) is 0 Å². The minimum atomic E-state index is -1.52. The first-order valence-corrected chi connectivity index (χ1v) is 10.0. The van der Waals surface area contributed by atoms with E-state index in [0.29, 0.717) is 25.2 Å². The molecule has 2 saturated heterocycles. The lowest BCUT2D eigenvalue weighted by Crippen LogP contribution is -2.33. The molecule has 0 amide bonds. The fourth-order valence-electron chi connectivity index (χ4n) is 3.16. The van der Waals surface area contributed by atoms with Crippen LogP contribution in [0.5, 0.6) is 0 Å². The largest absolute Gasteiger partial charge is 0.349 e. The lowest BCUT2D eigenvalue weighted by atomic mass is 10.1. The van der Waals surface area contributed by atoms with Crippen LogP contribution in [0.3, 0.4) is 0 Å². The standard InChI is InChI=1S/C19H21N2O6P/c1-12-9-21(19(23)20-18(12)22)17-8-15-16(26-17)11-25-28(27-15)24-10-13(2)14-6-4-3-5-7-14/h3-7,9,15-17H,2,8,10-11H2,1H3,(H,20,22,23)/t15-,16+,17+,28?/m0/s1. The van der Waals surface area contributed by atoms with E-state index in [2.05, 4.69) is 11.6 Å². The zero-order chi connectivity index (χ0) is 19.7. The molecule has 3 heterocycles. The molecular formula is C19H21N2O6P. The Hall–Kier alpha value is -2.09. The second kappa shape index (κ2) is 8.11. The third-order valence-corrected chi connectivity index (χ3v) is 5.87. The van der Waals surface area contributed by atoms with Crippen molar-refractivity contribution in [1.82, 2.24) is 9.55 Å². The second-order valence-electron chi connectivity index (χ2n) is 6.75. The SMILES string of the molecule is C=C(COP1OC[C@H]2O[C@@H](n3cc(C)c(=O)[nH]c3=O)C[C@@H]2O1)c1ccccc1. The summed E-state index contributed by atoms with van der Waals surface area (Å²) in [6, 6.07) is 9.77. The number of aromatic amines is 1. The first-order valence-electron chi connectivity index (χ1n) is 8.94. The Morgan fingerprint density at radius 3 is 2.89 bits per heavy atom. The third kappa shape index (κ3) is 4.01. The van der Waals surface area contributed by atoms with E-state index in [1.165, 1.54) is 10.8 Å². The molecular weight excluding hydrogens is 383 g/mol. The Balaban J connectivity index is 1.36. The van der Waals surface area contributed by atoms with Gasteiger partial charge in [-0.2, -0.15) is 0 Å². The molecule has 0 radical (unpaired) electrons. The summed E-state index contributed by atoms with van der Waals surface area (Å²) in [5, 5.41) is 0. The molecule has 1 aromatic heterocycles. The highest BCUT2D eigenvalue weighted by Gasteiger charge is 2.43. The molecule has 0 aliphatic carbocycles. The van der Waals surface area contributed by atoms with E-state index in [0.717, 1.165) is 11.1 Å². The van der Waals surface area contributed by atoms with E-state index in [1.54, 1.807) is 6.92 Å². The number of nitrogens with one attached hydrogen (secondary N) is 1. The van der Waals surface area contributed by atoms with Crippen LogP contribution in [0.25, 0.3) is 5.57 Å². The Bertz CT molecular complexity index is 972. The van der Waals surface area contributed by atoms with E-state index in [-0.39, 0.29) is 12.2 Å². The lowest BCUT2D eigenvalue weighted by molar-refractivity contribution is -0.0614. The van der Waals surface area contributed by atoms with Crippen molar-refractivity contribution in [3.63, 3.8) is 0 Å². The normalized spacial score (nSPS) is 26.8. The summed E-state index contributed by atoms with van der Waals surface area (Å²) < 4.78 is 24.6. The van der Waals surface area contributed by atoms with Gasteiger partial charge in [-0.3, -0.25) is 14.3 Å². The predicted octanol–water partition coefficient (Wildman–Crippen LogP) is 2.50. The fraction of sp³-hybridized carbons (Fsp3) is 0.368. The van der Waals surface area contributed by atoms with Crippen molar-refractivity contribution in [1.29, 1.82) is 0 Å². The molecule has 1 unspecified atom stereocenters. The van der Waals surface area contributed by atoms with Crippen LogP contribution >= 0.6 is 8.60 Å². The third-order valence-electron chi connectivity index (χ3n) is 4.73. The Labute approximate surface area is 162 Å². The average Bonchev–Trinajstić information content (AvgIpc) is 3.12. The zero-order valence-electron chi connectivity index (χ0n) is 15.4. The first kappa shape index (κ1) is 19.2. The van der Waals surface area contributed by atoms with Crippen molar-refractivity contribution >= 4 is 14.2 Å². The number of hydrogen-bond acceptors (Lipinski definition) is 6. The number of aryl methyl sites for hydroxylation is 1. The van der Waals surface area contributed by atoms with Crippen LogP contribution in [-0.4, -0.2) is 35.0 Å². The molecule has 8 nitrogen and oxygen atoms in total. The molecule has 1 N–H and O–H groups in total. The topological polar surface area (TPSA) is 91.8 Å². The molecule has 28 heavy (non-hydrogen) atoms. The van der Waals surface area contributed by atoms with Gasteiger partial charge < -0.3 is 18.3 Å². The predicted molar refractivity (Wildman–Crippen MR) is 104 cm³/mol. The highest BCUT2D eigenvalue weighted by Crippen LogP contribution is 2.50. The number of aromatic nitrogens is 2. The number of nitrogens with zero attached hydrogens (tertiary/aromatic N) is 1. The molecule has 0 spiro atoms. The number of hydrogen-bond donors (Lipinski definition) is 1. The van der Waals surface area contributed by atoms with E-state index < -0.39 is 26.1 Å². The summed E-state index contributed by atoms with van der Waals surface area (Å²) in [4.78, 5) is 25.9. The Morgan fingerprint density at radius 1 is 1.32 bits per heavy atom. The Kier molecular flexibility index (Phi) is 5.57. The maximum absolute atomic E-state index is 12.1.